The molecule has 0 spiro atoms. The molecule has 2 unspecified atom stereocenters. The van der Waals surface area contributed by atoms with Crippen LogP contribution in [0.25, 0.3) is 0 Å². The van der Waals surface area contributed by atoms with Crippen LogP contribution >= 0.6 is 0 Å². The van der Waals surface area contributed by atoms with E-state index < -0.39 is 0 Å². The molecule has 0 amide bonds. The van der Waals surface area contributed by atoms with E-state index in [9.17, 15) is 10.2 Å². The number of hydrogen-bond acceptors (Lipinski definition) is 3. The van der Waals surface area contributed by atoms with E-state index in [-0.39, 0.29) is 28.2 Å². The van der Waals surface area contributed by atoms with Gasteiger partial charge >= 0.3 is 0 Å². The molecule has 5 atom stereocenters. The third kappa shape index (κ3) is 2.37. The standard InChI is InChI=1S/C25H33NO2/c1-3-4-5-6-9-25(10-7-8-11-25)15-12-18(27)20(19(28)13-15)16-14-17(26)22-23-21(16)24(22,23)2/h6,9,12-13,16,21-23,26-28H,3-5,7-8,10-11,14H2,1-2H3/b9-6-,26-17?/t16-,21?,22+,23?,24-/m0/s1. The Morgan fingerprint density at radius 1 is 1.14 bits per heavy atom. The third-order valence-corrected chi connectivity index (χ3v) is 8.62. The normalized spacial score (nSPS) is 37.3. The summed E-state index contributed by atoms with van der Waals surface area (Å²) in [6, 6.07) is 3.85. The number of allylic oxidation sites excluding steroid dienone is 2. The average molecular weight is 380 g/mol. The molecule has 1 aromatic carbocycles. The average Bonchev–Trinajstić information content (AvgIpc) is 3.36. The zero-order valence-corrected chi connectivity index (χ0v) is 17.2. The van der Waals surface area contributed by atoms with Crippen molar-refractivity contribution in [3.05, 3.63) is 35.4 Å². The van der Waals surface area contributed by atoms with Crippen LogP contribution in [0.5, 0.6) is 11.5 Å². The molecule has 3 nitrogen and oxygen atoms in total. The molecule has 0 heterocycles. The van der Waals surface area contributed by atoms with Crippen LogP contribution in [0.4, 0.5) is 0 Å². The van der Waals surface area contributed by atoms with Gasteiger partial charge in [-0.25, -0.2) is 0 Å². The molecule has 0 aromatic heterocycles. The molecule has 3 heteroatoms. The van der Waals surface area contributed by atoms with Crippen LogP contribution < -0.4 is 0 Å². The fraction of sp³-hybridized carbons (Fsp3) is 0.640. The van der Waals surface area contributed by atoms with Crippen molar-refractivity contribution in [3.63, 3.8) is 0 Å². The molecule has 0 aliphatic heterocycles. The molecule has 0 radical (unpaired) electrons. The minimum Gasteiger partial charge on any atom is -0.508 e. The van der Waals surface area contributed by atoms with Gasteiger partial charge in [-0.05, 0) is 60.6 Å². The van der Waals surface area contributed by atoms with Crippen LogP contribution in [0.15, 0.2) is 24.3 Å². The van der Waals surface area contributed by atoms with Crippen LogP contribution in [-0.4, -0.2) is 15.9 Å². The smallest absolute Gasteiger partial charge is 0.123 e. The van der Waals surface area contributed by atoms with Gasteiger partial charge in [-0.1, -0.05) is 51.7 Å². The lowest BCUT2D eigenvalue weighted by molar-refractivity contribution is 0.335. The minimum atomic E-state index is -0.0424. The molecule has 5 aliphatic rings. The molecule has 2 bridgehead atoms. The summed E-state index contributed by atoms with van der Waals surface area (Å²) in [5.74, 6) is 2.26. The molecule has 28 heavy (non-hydrogen) atoms. The lowest BCUT2D eigenvalue weighted by atomic mass is 9.70. The molecule has 5 fully saturated rings. The fourth-order valence-electron chi connectivity index (χ4n) is 6.99. The van der Waals surface area contributed by atoms with E-state index in [1.807, 2.05) is 12.1 Å². The Morgan fingerprint density at radius 2 is 1.79 bits per heavy atom. The molecule has 5 saturated carbocycles. The number of rotatable bonds is 6. The van der Waals surface area contributed by atoms with Crippen molar-refractivity contribution >= 4 is 5.71 Å². The van der Waals surface area contributed by atoms with Gasteiger partial charge in [0.1, 0.15) is 11.5 Å². The minimum absolute atomic E-state index is 0.0424. The molecular formula is C25H33NO2. The van der Waals surface area contributed by atoms with Crippen molar-refractivity contribution in [1.82, 2.24) is 0 Å². The highest BCUT2D eigenvalue weighted by Gasteiger charge is 2.87. The predicted molar refractivity (Wildman–Crippen MR) is 112 cm³/mol. The lowest BCUT2D eigenvalue weighted by Crippen LogP contribution is -2.30. The first-order valence-electron chi connectivity index (χ1n) is 11.3. The second kappa shape index (κ2) is 6.11. The fourth-order valence-corrected chi connectivity index (χ4v) is 6.99. The summed E-state index contributed by atoms with van der Waals surface area (Å²) in [4.78, 5) is 0. The third-order valence-electron chi connectivity index (χ3n) is 8.62. The maximum absolute atomic E-state index is 11.0. The summed E-state index contributed by atoms with van der Waals surface area (Å²) in [7, 11) is 0. The Balaban J connectivity index is 1.46. The number of aromatic hydroxyl groups is 2. The summed E-state index contributed by atoms with van der Waals surface area (Å²) in [6.45, 7) is 4.50. The van der Waals surface area contributed by atoms with E-state index in [0.717, 1.165) is 30.5 Å². The van der Waals surface area contributed by atoms with Gasteiger partial charge in [-0.15, -0.1) is 0 Å². The topological polar surface area (TPSA) is 64.3 Å². The van der Waals surface area contributed by atoms with Crippen LogP contribution in [-0.2, 0) is 5.41 Å². The van der Waals surface area contributed by atoms with E-state index in [2.05, 4.69) is 26.0 Å². The Hall–Kier alpha value is -1.77. The first-order chi connectivity index (χ1) is 13.4. The van der Waals surface area contributed by atoms with Crippen molar-refractivity contribution in [2.75, 3.05) is 0 Å². The number of fused-ring (bicyclic) bond motifs is 2. The zero-order chi connectivity index (χ0) is 19.7. The molecule has 1 aromatic rings. The Labute approximate surface area is 168 Å². The number of phenols is 2. The quantitative estimate of drug-likeness (QED) is 0.416. The van der Waals surface area contributed by atoms with Crippen LogP contribution in [0.1, 0.15) is 82.3 Å². The van der Waals surface area contributed by atoms with E-state index >= 15 is 0 Å². The van der Waals surface area contributed by atoms with Gasteiger partial charge in [0.25, 0.3) is 0 Å². The first-order valence-corrected chi connectivity index (χ1v) is 11.3. The number of benzene rings is 1. The molecule has 3 N–H and O–H groups in total. The van der Waals surface area contributed by atoms with Crippen molar-refractivity contribution in [1.29, 1.82) is 5.41 Å². The summed E-state index contributed by atoms with van der Waals surface area (Å²) in [5.41, 5.74) is 2.83. The molecule has 0 saturated heterocycles. The van der Waals surface area contributed by atoms with Gasteiger partial charge in [0.15, 0.2) is 0 Å². The van der Waals surface area contributed by atoms with Gasteiger partial charge in [-0.3, -0.25) is 0 Å². The van der Waals surface area contributed by atoms with Crippen molar-refractivity contribution in [3.8, 4) is 11.5 Å². The number of hydrogen-bond donors (Lipinski definition) is 3. The van der Waals surface area contributed by atoms with Gasteiger partial charge < -0.3 is 15.6 Å². The maximum Gasteiger partial charge on any atom is 0.123 e. The largest absolute Gasteiger partial charge is 0.508 e. The monoisotopic (exact) mass is 379 g/mol. The molecule has 150 valence electrons. The number of unbranched alkanes of at least 4 members (excludes halogenated alkanes) is 2. The van der Waals surface area contributed by atoms with E-state index in [1.54, 1.807) is 0 Å². The van der Waals surface area contributed by atoms with Crippen molar-refractivity contribution in [2.45, 2.75) is 76.5 Å². The van der Waals surface area contributed by atoms with Gasteiger partial charge in [0.05, 0.1) is 0 Å². The molecule has 6 rings (SSSR count). The number of phenolic OH excluding ortho intramolecular Hbond substituents is 2. The van der Waals surface area contributed by atoms with Gasteiger partial charge in [0.2, 0.25) is 0 Å². The summed E-state index contributed by atoms with van der Waals surface area (Å²) < 4.78 is 0. The second-order valence-electron chi connectivity index (χ2n) is 10.1. The van der Waals surface area contributed by atoms with Gasteiger partial charge in [0, 0.05) is 28.5 Å². The second-order valence-corrected chi connectivity index (χ2v) is 10.1. The molecular weight excluding hydrogens is 346 g/mol. The summed E-state index contributed by atoms with van der Waals surface area (Å²) >= 11 is 0. The highest BCUT2D eigenvalue weighted by atomic mass is 16.3. The summed E-state index contributed by atoms with van der Waals surface area (Å²) in [5, 5.41) is 30.3. The van der Waals surface area contributed by atoms with Crippen molar-refractivity contribution in [2.24, 2.45) is 23.2 Å². The van der Waals surface area contributed by atoms with Crippen molar-refractivity contribution < 1.29 is 10.2 Å². The lowest BCUT2D eigenvalue weighted by Gasteiger charge is -2.34. The van der Waals surface area contributed by atoms with E-state index in [0.29, 0.717) is 29.7 Å². The van der Waals surface area contributed by atoms with Crippen LogP contribution in [0.2, 0.25) is 0 Å². The highest BCUT2D eigenvalue weighted by Crippen LogP contribution is 2.90. The SMILES string of the molecule is CCCC/C=C\C1(c2cc(O)c([C@@H]3CC(=N)[C@@H]4C5C3[C@]54C)c(O)c2)CCCC1. The van der Waals surface area contributed by atoms with Crippen LogP contribution in [0, 0.1) is 28.6 Å². The summed E-state index contributed by atoms with van der Waals surface area (Å²) in [6.07, 6.45) is 13.4. The number of nitrogens with one attached hydrogen (secondary N) is 1. The predicted octanol–water partition coefficient (Wildman–Crippen LogP) is 6.05. The Bertz CT molecular complexity index is 827. The maximum atomic E-state index is 11.0. The van der Waals surface area contributed by atoms with Crippen LogP contribution in [0.3, 0.4) is 0 Å². The van der Waals surface area contributed by atoms with E-state index in [1.165, 1.54) is 25.7 Å². The van der Waals surface area contributed by atoms with Gasteiger partial charge in [-0.2, -0.15) is 0 Å². The first kappa shape index (κ1) is 18.3. The Kier molecular flexibility index (Phi) is 3.99. The Morgan fingerprint density at radius 3 is 2.36 bits per heavy atom. The van der Waals surface area contributed by atoms with E-state index in [4.69, 9.17) is 5.41 Å². The highest BCUT2D eigenvalue weighted by molar-refractivity contribution is 5.94. The zero-order valence-electron chi connectivity index (χ0n) is 17.2. The molecule has 5 aliphatic carbocycles.